The van der Waals surface area contributed by atoms with Gasteiger partial charge in [-0.15, -0.1) is 0 Å². The van der Waals surface area contributed by atoms with Gasteiger partial charge in [-0.3, -0.25) is 0 Å². The summed E-state index contributed by atoms with van der Waals surface area (Å²) in [6.07, 6.45) is 0. The third-order valence-corrected chi connectivity index (χ3v) is 3.13. The number of methoxy groups -OCH3 is 2. The van der Waals surface area contributed by atoms with Crippen molar-refractivity contribution in [3.63, 3.8) is 0 Å². The zero-order chi connectivity index (χ0) is 14.5. The van der Waals surface area contributed by atoms with E-state index in [1.807, 2.05) is 25.2 Å². The molecule has 0 aliphatic heterocycles. The molecule has 0 bridgehead atoms. The van der Waals surface area contributed by atoms with Crippen molar-refractivity contribution in [1.82, 2.24) is 5.32 Å². The van der Waals surface area contributed by atoms with Crippen LogP contribution in [0.4, 0.5) is 4.39 Å². The van der Waals surface area contributed by atoms with Crippen LogP contribution in [0.25, 0.3) is 11.1 Å². The summed E-state index contributed by atoms with van der Waals surface area (Å²) in [5.74, 6) is 0.965. The molecule has 3 nitrogen and oxygen atoms in total. The molecule has 0 heterocycles. The minimum absolute atomic E-state index is 0.273. The predicted molar refractivity (Wildman–Crippen MR) is 77.7 cm³/mol. The van der Waals surface area contributed by atoms with Gasteiger partial charge in [-0.1, -0.05) is 18.2 Å². The zero-order valence-electron chi connectivity index (χ0n) is 11.9. The first kappa shape index (κ1) is 14.3. The molecule has 0 fully saturated rings. The molecule has 0 aliphatic rings. The standard InChI is InChI=1S/C16H18FNO2/c1-18-10-11-7-8-12(17)9-14(11)13-5-4-6-15(19-2)16(13)20-3/h4-9,18H,10H2,1-3H3. The molecule has 2 aromatic rings. The second-order valence-electron chi connectivity index (χ2n) is 4.37. The first-order valence-corrected chi connectivity index (χ1v) is 6.35. The van der Waals surface area contributed by atoms with Crippen LogP contribution in [-0.4, -0.2) is 21.3 Å². The molecule has 0 spiro atoms. The maximum absolute atomic E-state index is 13.6. The summed E-state index contributed by atoms with van der Waals surface area (Å²) in [5.41, 5.74) is 2.62. The van der Waals surface area contributed by atoms with Gasteiger partial charge in [-0.25, -0.2) is 4.39 Å². The normalized spacial score (nSPS) is 10.4. The van der Waals surface area contributed by atoms with Crippen LogP contribution in [0.1, 0.15) is 5.56 Å². The number of rotatable bonds is 5. The molecule has 20 heavy (non-hydrogen) atoms. The molecule has 2 aromatic carbocycles. The van der Waals surface area contributed by atoms with Gasteiger partial charge in [0.2, 0.25) is 0 Å². The van der Waals surface area contributed by atoms with Crippen LogP contribution in [0.5, 0.6) is 11.5 Å². The van der Waals surface area contributed by atoms with E-state index in [1.165, 1.54) is 12.1 Å². The highest BCUT2D eigenvalue weighted by molar-refractivity contribution is 5.76. The van der Waals surface area contributed by atoms with E-state index in [0.29, 0.717) is 18.0 Å². The Hall–Kier alpha value is -2.07. The van der Waals surface area contributed by atoms with Gasteiger partial charge in [0.05, 0.1) is 14.2 Å². The molecule has 0 amide bonds. The predicted octanol–water partition coefficient (Wildman–Crippen LogP) is 3.23. The summed E-state index contributed by atoms with van der Waals surface area (Å²) >= 11 is 0. The Morgan fingerprint density at radius 2 is 1.85 bits per heavy atom. The lowest BCUT2D eigenvalue weighted by Crippen LogP contribution is -2.07. The number of hydrogen-bond acceptors (Lipinski definition) is 3. The minimum Gasteiger partial charge on any atom is -0.493 e. The van der Waals surface area contributed by atoms with Crippen molar-refractivity contribution in [1.29, 1.82) is 0 Å². The molecule has 4 heteroatoms. The first-order valence-electron chi connectivity index (χ1n) is 6.35. The number of ether oxygens (including phenoxy) is 2. The highest BCUT2D eigenvalue weighted by Crippen LogP contribution is 2.39. The average Bonchev–Trinajstić information content (AvgIpc) is 2.48. The van der Waals surface area contributed by atoms with Crippen LogP contribution in [0.15, 0.2) is 36.4 Å². The highest BCUT2D eigenvalue weighted by atomic mass is 19.1. The minimum atomic E-state index is -0.273. The topological polar surface area (TPSA) is 30.5 Å². The quantitative estimate of drug-likeness (QED) is 0.908. The Balaban J connectivity index is 2.64. The molecule has 0 saturated carbocycles. The Labute approximate surface area is 118 Å². The van der Waals surface area contributed by atoms with Crippen molar-refractivity contribution in [2.75, 3.05) is 21.3 Å². The largest absolute Gasteiger partial charge is 0.493 e. The van der Waals surface area contributed by atoms with Crippen molar-refractivity contribution in [2.24, 2.45) is 0 Å². The van der Waals surface area contributed by atoms with E-state index in [0.717, 1.165) is 16.7 Å². The van der Waals surface area contributed by atoms with Crippen molar-refractivity contribution >= 4 is 0 Å². The molecule has 0 aliphatic carbocycles. The third kappa shape index (κ3) is 2.75. The SMILES string of the molecule is CNCc1ccc(F)cc1-c1cccc(OC)c1OC. The summed E-state index contributed by atoms with van der Waals surface area (Å²) in [5, 5.41) is 3.09. The average molecular weight is 275 g/mol. The summed E-state index contributed by atoms with van der Waals surface area (Å²) in [7, 11) is 5.02. The van der Waals surface area contributed by atoms with Gasteiger partial charge < -0.3 is 14.8 Å². The monoisotopic (exact) mass is 275 g/mol. The fraction of sp³-hybridized carbons (Fsp3) is 0.250. The third-order valence-electron chi connectivity index (χ3n) is 3.13. The molecular formula is C16H18FNO2. The van der Waals surface area contributed by atoms with Crippen molar-refractivity contribution < 1.29 is 13.9 Å². The fourth-order valence-corrected chi connectivity index (χ4v) is 2.24. The summed E-state index contributed by atoms with van der Waals surface area (Å²) in [4.78, 5) is 0. The molecule has 0 unspecified atom stereocenters. The Bertz CT molecular complexity index is 599. The molecule has 106 valence electrons. The van der Waals surface area contributed by atoms with Crippen LogP contribution >= 0.6 is 0 Å². The number of halogens is 1. The molecule has 2 rings (SSSR count). The number of nitrogens with one attached hydrogen (secondary N) is 1. The lowest BCUT2D eigenvalue weighted by atomic mass is 9.98. The van der Waals surface area contributed by atoms with Crippen molar-refractivity contribution in [3.8, 4) is 22.6 Å². The van der Waals surface area contributed by atoms with Gasteiger partial charge in [0.1, 0.15) is 5.82 Å². The van der Waals surface area contributed by atoms with Gasteiger partial charge in [0, 0.05) is 12.1 Å². The molecule has 0 radical (unpaired) electrons. The van der Waals surface area contributed by atoms with Gasteiger partial charge in [0.25, 0.3) is 0 Å². The van der Waals surface area contributed by atoms with E-state index in [1.54, 1.807) is 20.3 Å². The van der Waals surface area contributed by atoms with Gasteiger partial charge >= 0.3 is 0 Å². The molecule has 1 N–H and O–H groups in total. The van der Waals surface area contributed by atoms with Crippen LogP contribution in [-0.2, 0) is 6.54 Å². The Kier molecular flexibility index (Phi) is 4.58. The van der Waals surface area contributed by atoms with E-state index in [9.17, 15) is 4.39 Å². The van der Waals surface area contributed by atoms with E-state index >= 15 is 0 Å². The van der Waals surface area contributed by atoms with E-state index in [-0.39, 0.29) is 5.82 Å². The summed E-state index contributed by atoms with van der Waals surface area (Å²) < 4.78 is 24.3. The van der Waals surface area contributed by atoms with E-state index in [4.69, 9.17) is 9.47 Å². The van der Waals surface area contributed by atoms with Crippen molar-refractivity contribution in [3.05, 3.63) is 47.8 Å². The second-order valence-corrected chi connectivity index (χ2v) is 4.37. The summed E-state index contributed by atoms with van der Waals surface area (Å²) in [6, 6.07) is 10.3. The van der Waals surface area contributed by atoms with Crippen LogP contribution in [0.2, 0.25) is 0 Å². The Morgan fingerprint density at radius 1 is 1.05 bits per heavy atom. The van der Waals surface area contributed by atoms with Crippen molar-refractivity contribution in [2.45, 2.75) is 6.54 Å². The van der Waals surface area contributed by atoms with E-state index in [2.05, 4.69) is 5.32 Å². The lowest BCUT2D eigenvalue weighted by Gasteiger charge is -2.15. The number of benzene rings is 2. The molecule has 0 saturated heterocycles. The maximum atomic E-state index is 13.6. The van der Waals surface area contributed by atoms with Crippen LogP contribution in [0.3, 0.4) is 0 Å². The molecule has 0 atom stereocenters. The van der Waals surface area contributed by atoms with Crippen LogP contribution in [0, 0.1) is 5.82 Å². The van der Waals surface area contributed by atoms with Gasteiger partial charge in [-0.05, 0) is 36.4 Å². The number of hydrogen-bond donors (Lipinski definition) is 1. The molecule has 0 aromatic heterocycles. The zero-order valence-corrected chi connectivity index (χ0v) is 11.9. The van der Waals surface area contributed by atoms with Crippen LogP contribution < -0.4 is 14.8 Å². The lowest BCUT2D eigenvalue weighted by molar-refractivity contribution is 0.356. The fourth-order valence-electron chi connectivity index (χ4n) is 2.24. The Morgan fingerprint density at radius 3 is 2.50 bits per heavy atom. The van der Waals surface area contributed by atoms with Gasteiger partial charge in [0.15, 0.2) is 11.5 Å². The smallest absolute Gasteiger partial charge is 0.168 e. The van der Waals surface area contributed by atoms with Gasteiger partial charge in [-0.2, -0.15) is 0 Å². The second kappa shape index (κ2) is 6.39. The molecular weight excluding hydrogens is 257 g/mol. The number of para-hydroxylation sites is 1. The first-order chi connectivity index (χ1) is 9.71. The highest BCUT2D eigenvalue weighted by Gasteiger charge is 2.14. The maximum Gasteiger partial charge on any atom is 0.168 e. The summed E-state index contributed by atoms with van der Waals surface area (Å²) in [6.45, 7) is 0.649. The van der Waals surface area contributed by atoms with E-state index < -0.39 is 0 Å².